The van der Waals surface area contributed by atoms with Crippen LogP contribution in [0.2, 0.25) is 0 Å². The van der Waals surface area contributed by atoms with E-state index in [2.05, 4.69) is 10.3 Å². The SMILES string of the molecule is COc1cccc(NC(=O)Cn2c(=O)c(C)nc3ccccc32)c1. The van der Waals surface area contributed by atoms with Gasteiger partial charge in [-0.1, -0.05) is 18.2 Å². The zero-order valence-electron chi connectivity index (χ0n) is 13.4. The zero-order valence-corrected chi connectivity index (χ0v) is 13.4. The standard InChI is InChI=1S/C18H17N3O3/c1-12-18(23)21(16-9-4-3-8-15(16)19-12)11-17(22)20-13-6-5-7-14(10-13)24-2/h3-10H,11H2,1-2H3,(H,20,22). The van der Waals surface area contributed by atoms with Gasteiger partial charge in [0, 0.05) is 11.8 Å². The van der Waals surface area contributed by atoms with Crippen LogP contribution in [-0.2, 0) is 11.3 Å². The van der Waals surface area contributed by atoms with Crippen molar-refractivity contribution in [3.8, 4) is 5.75 Å². The summed E-state index contributed by atoms with van der Waals surface area (Å²) in [6.45, 7) is 1.56. The lowest BCUT2D eigenvalue weighted by molar-refractivity contribution is -0.116. The number of carbonyl (C=O) groups excluding carboxylic acids is 1. The zero-order chi connectivity index (χ0) is 17.1. The third kappa shape index (κ3) is 3.12. The van der Waals surface area contributed by atoms with Crippen LogP contribution >= 0.6 is 0 Å². The third-order valence-corrected chi connectivity index (χ3v) is 3.67. The Morgan fingerprint density at radius 1 is 1.21 bits per heavy atom. The molecule has 0 aliphatic rings. The Morgan fingerprint density at radius 3 is 2.79 bits per heavy atom. The number of nitrogens with zero attached hydrogens (tertiary/aromatic N) is 2. The van der Waals surface area contributed by atoms with Crippen LogP contribution in [0.1, 0.15) is 5.69 Å². The normalized spacial score (nSPS) is 10.6. The average molecular weight is 323 g/mol. The number of amides is 1. The number of ether oxygens (including phenoxy) is 1. The first-order valence-electron chi connectivity index (χ1n) is 7.48. The summed E-state index contributed by atoms with van der Waals surface area (Å²) in [4.78, 5) is 29.0. The van der Waals surface area contributed by atoms with Crippen LogP contribution in [0, 0.1) is 6.92 Å². The maximum Gasteiger partial charge on any atom is 0.272 e. The Balaban J connectivity index is 1.90. The lowest BCUT2D eigenvalue weighted by atomic mass is 10.2. The molecule has 0 unspecified atom stereocenters. The molecule has 3 rings (SSSR count). The maximum absolute atomic E-state index is 12.4. The monoisotopic (exact) mass is 323 g/mol. The Labute approximate surface area is 138 Å². The molecule has 6 nitrogen and oxygen atoms in total. The van der Waals surface area contributed by atoms with Crippen LogP contribution in [0.5, 0.6) is 5.75 Å². The Kier molecular flexibility index (Phi) is 4.29. The van der Waals surface area contributed by atoms with Crippen molar-refractivity contribution >= 4 is 22.6 Å². The number of nitrogens with one attached hydrogen (secondary N) is 1. The fourth-order valence-corrected chi connectivity index (χ4v) is 2.52. The number of aromatic nitrogens is 2. The molecule has 1 heterocycles. The Bertz CT molecular complexity index is 963. The van der Waals surface area contributed by atoms with Crippen molar-refractivity contribution in [1.82, 2.24) is 9.55 Å². The van der Waals surface area contributed by atoms with Crippen molar-refractivity contribution < 1.29 is 9.53 Å². The van der Waals surface area contributed by atoms with Crippen LogP contribution in [-0.4, -0.2) is 22.6 Å². The van der Waals surface area contributed by atoms with E-state index in [9.17, 15) is 9.59 Å². The van der Waals surface area contributed by atoms with Crippen molar-refractivity contribution in [1.29, 1.82) is 0 Å². The van der Waals surface area contributed by atoms with Crippen LogP contribution in [0.15, 0.2) is 53.3 Å². The van der Waals surface area contributed by atoms with Crippen LogP contribution in [0.3, 0.4) is 0 Å². The highest BCUT2D eigenvalue weighted by atomic mass is 16.5. The van der Waals surface area contributed by atoms with E-state index in [0.29, 0.717) is 28.2 Å². The number of benzene rings is 2. The van der Waals surface area contributed by atoms with Gasteiger partial charge in [-0.2, -0.15) is 0 Å². The third-order valence-electron chi connectivity index (χ3n) is 3.67. The maximum atomic E-state index is 12.4. The van der Waals surface area contributed by atoms with Crippen molar-refractivity contribution in [3.05, 3.63) is 64.6 Å². The van der Waals surface area contributed by atoms with E-state index in [4.69, 9.17) is 4.74 Å². The number of para-hydroxylation sites is 2. The van der Waals surface area contributed by atoms with E-state index >= 15 is 0 Å². The molecule has 0 aliphatic heterocycles. The second kappa shape index (κ2) is 6.54. The van der Waals surface area contributed by atoms with E-state index in [1.165, 1.54) is 4.57 Å². The van der Waals surface area contributed by atoms with E-state index < -0.39 is 0 Å². The topological polar surface area (TPSA) is 73.2 Å². The minimum atomic E-state index is -0.291. The highest BCUT2D eigenvalue weighted by molar-refractivity contribution is 5.91. The Morgan fingerprint density at radius 2 is 2.00 bits per heavy atom. The molecule has 0 saturated carbocycles. The summed E-state index contributed by atoms with van der Waals surface area (Å²) in [5, 5.41) is 2.78. The van der Waals surface area contributed by atoms with Gasteiger partial charge in [0.15, 0.2) is 0 Å². The van der Waals surface area contributed by atoms with Gasteiger partial charge in [-0.25, -0.2) is 4.98 Å². The van der Waals surface area contributed by atoms with Gasteiger partial charge in [0.1, 0.15) is 18.0 Å². The molecule has 0 fully saturated rings. The first-order chi connectivity index (χ1) is 11.6. The number of fused-ring (bicyclic) bond motifs is 1. The molecular weight excluding hydrogens is 306 g/mol. The van der Waals surface area contributed by atoms with Gasteiger partial charge in [-0.05, 0) is 31.2 Å². The molecule has 1 aromatic heterocycles. The van der Waals surface area contributed by atoms with Gasteiger partial charge in [0.2, 0.25) is 5.91 Å². The summed E-state index contributed by atoms with van der Waals surface area (Å²) in [5.74, 6) is 0.358. The highest BCUT2D eigenvalue weighted by Crippen LogP contribution is 2.17. The average Bonchev–Trinajstić information content (AvgIpc) is 2.59. The molecule has 1 N–H and O–H groups in total. The van der Waals surface area contributed by atoms with E-state index in [1.54, 1.807) is 44.4 Å². The molecule has 24 heavy (non-hydrogen) atoms. The van der Waals surface area contributed by atoms with Gasteiger partial charge in [0.25, 0.3) is 5.56 Å². The van der Waals surface area contributed by atoms with Crippen molar-refractivity contribution in [2.75, 3.05) is 12.4 Å². The number of hydrogen-bond acceptors (Lipinski definition) is 4. The molecule has 0 aliphatic carbocycles. The van der Waals surface area contributed by atoms with Gasteiger partial charge in [-0.15, -0.1) is 0 Å². The summed E-state index contributed by atoms with van der Waals surface area (Å²) in [6.07, 6.45) is 0. The fourth-order valence-electron chi connectivity index (χ4n) is 2.52. The quantitative estimate of drug-likeness (QED) is 0.800. The lowest BCUT2D eigenvalue weighted by Crippen LogP contribution is -2.30. The summed E-state index contributed by atoms with van der Waals surface area (Å²) in [7, 11) is 1.56. The number of rotatable bonds is 4. The molecule has 0 bridgehead atoms. The van der Waals surface area contributed by atoms with Gasteiger partial charge >= 0.3 is 0 Å². The van der Waals surface area contributed by atoms with E-state index in [0.717, 1.165) is 0 Å². The van der Waals surface area contributed by atoms with Crippen LogP contribution in [0.4, 0.5) is 5.69 Å². The van der Waals surface area contributed by atoms with E-state index in [-0.39, 0.29) is 18.0 Å². The predicted octanol–water partition coefficient (Wildman–Crippen LogP) is 2.35. The molecule has 0 spiro atoms. The predicted molar refractivity (Wildman–Crippen MR) is 92.4 cm³/mol. The molecule has 2 aromatic carbocycles. The fraction of sp³-hybridized carbons (Fsp3) is 0.167. The second-order valence-electron chi connectivity index (χ2n) is 5.36. The summed E-state index contributed by atoms with van der Waals surface area (Å²) >= 11 is 0. The molecule has 6 heteroatoms. The first-order valence-corrected chi connectivity index (χ1v) is 7.48. The number of hydrogen-bond donors (Lipinski definition) is 1. The molecule has 3 aromatic rings. The minimum absolute atomic E-state index is 0.0834. The van der Waals surface area contributed by atoms with Crippen molar-refractivity contribution in [2.24, 2.45) is 0 Å². The van der Waals surface area contributed by atoms with Crippen LogP contribution in [0.25, 0.3) is 11.0 Å². The number of methoxy groups -OCH3 is 1. The summed E-state index contributed by atoms with van der Waals surface area (Å²) in [6, 6.07) is 14.3. The molecule has 0 atom stereocenters. The van der Waals surface area contributed by atoms with E-state index in [1.807, 2.05) is 18.2 Å². The van der Waals surface area contributed by atoms with Gasteiger partial charge in [-0.3, -0.25) is 14.2 Å². The second-order valence-corrected chi connectivity index (χ2v) is 5.36. The lowest BCUT2D eigenvalue weighted by Gasteiger charge is -2.11. The number of carbonyl (C=O) groups is 1. The number of anilines is 1. The smallest absolute Gasteiger partial charge is 0.272 e. The molecule has 1 amide bonds. The molecule has 0 radical (unpaired) electrons. The first kappa shape index (κ1) is 15.7. The van der Waals surface area contributed by atoms with Crippen molar-refractivity contribution in [2.45, 2.75) is 13.5 Å². The van der Waals surface area contributed by atoms with Crippen molar-refractivity contribution in [3.63, 3.8) is 0 Å². The molecule has 0 saturated heterocycles. The highest BCUT2D eigenvalue weighted by Gasteiger charge is 2.11. The van der Waals surface area contributed by atoms with Gasteiger partial charge < -0.3 is 10.1 Å². The minimum Gasteiger partial charge on any atom is -0.497 e. The van der Waals surface area contributed by atoms with Gasteiger partial charge in [0.05, 0.1) is 18.1 Å². The summed E-state index contributed by atoms with van der Waals surface area (Å²) < 4.78 is 6.57. The largest absolute Gasteiger partial charge is 0.497 e. The molecular formula is C18H17N3O3. The molecule has 122 valence electrons. The Hall–Kier alpha value is -3.15. The summed E-state index contributed by atoms with van der Waals surface area (Å²) in [5.41, 5.74) is 2.03. The number of aryl methyl sites for hydroxylation is 1. The van der Waals surface area contributed by atoms with Crippen LogP contribution < -0.4 is 15.6 Å².